The van der Waals surface area contributed by atoms with Crippen molar-refractivity contribution in [2.75, 3.05) is 0 Å². The number of carboxylic acid groups (broad SMARTS) is 1. The summed E-state index contributed by atoms with van der Waals surface area (Å²) in [7, 11) is 0. The van der Waals surface area contributed by atoms with E-state index in [-0.39, 0.29) is 0 Å². The molecule has 0 aromatic heterocycles. The van der Waals surface area contributed by atoms with E-state index < -0.39 is 59.7 Å². The SMILES string of the molecule is O=C([O-])CC(=O)/C(F)=C(\F)C(F)(F)C(F)(F)C(F)(F)C(F)(F)C(F)(F)F. The van der Waals surface area contributed by atoms with Crippen molar-refractivity contribution >= 4 is 11.8 Å². The molecule has 0 aliphatic heterocycles. The van der Waals surface area contributed by atoms with Gasteiger partial charge in [0.15, 0.2) is 5.78 Å². The second kappa shape index (κ2) is 6.61. The normalized spacial score (nSPS) is 15.6. The highest BCUT2D eigenvalue weighted by Gasteiger charge is 2.88. The smallest absolute Gasteiger partial charge is 0.460 e. The fourth-order valence-electron chi connectivity index (χ4n) is 1.18. The zero-order valence-electron chi connectivity index (χ0n) is 11.3. The predicted molar refractivity (Wildman–Crippen MR) is 49.7 cm³/mol. The molecule has 0 atom stereocenters. The number of hydrogen-bond donors (Lipinski definition) is 0. The van der Waals surface area contributed by atoms with Crippen molar-refractivity contribution in [1.82, 2.24) is 0 Å². The first-order valence-corrected chi connectivity index (χ1v) is 5.53. The minimum atomic E-state index is -8.02. The minimum absolute atomic E-state index is 2.27. The lowest BCUT2D eigenvalue weighted by Crippen LogP contribution is -2.66. The van der Waals surface area contributed by atoms with Crippen LogP contribution in [0.2, 0.25) is 0 Å². The average Bonchev–Trinajstić information content (AvgIpc) is 2.42. The highest BCUT2D eigenvalue weighted by atomic mass is 19.4. The first kappa shape index (κ1) is 24.0. The summed E-state index contributed by atoms with van der Waals surface area (Å²) in [5.74, 6) is -44.8. The van der Waals surface area contributed by atoms with Gasteiger partial charge in [-0.05, 0) is 0 Å². The summed E-state index contributed by atoms with van der Waals surface area (Å²) < 4.78 is 164. The van der Waals surface area contributed by atoms with E-state index in [9.17, 15) is 71.8 Å². The van der Waals surface area contributed by atoms with Crippen LogP contribution in [0.4, 0.5) is 57.1 Å². The van der Waals surface area contributed by atoms with Gasteiger partial charge in [-0.2, -0.15) is 52.7 Å². The van der Waals surface area contributed by atoms with E-state index in [4.69, 9.17) is 0 Å². The van der Waals surface area contributed by atoms with Crippen molar-refractivity contribution in [3.05, 3.63) is 11.7 Å². The molecular formula is C10H2F13O3-. The van der Waals surface area contributed by atoms with E-state index in [0.717, 1.165) is 0 Å². The van der Waals surface area contributed by atoms with Crippen LogP contribution in [0.5, 0.6) is 0 Å². The van der Waals surface area contributed by atoms with E-state index in [1.165, 1.54) is 0 Å². The summed E-state index contributed by atoms with van der Waals surface area (Å²) in [6.45, 7) is 0. The molecular weight excluding hydrogens is 415 g/mol. The summed E-state index contributed by atoms with van der Waals surface area (Å²) in [6, 6.07) is 0. The third-order valence-electron chi connectivity index (χ3n) is 2.56. The van der Waals surface area contributed by atoms with E-state index in [1.54, 1.807) is 0 Å². The van der Waals surface area contributed by atoms with Gasteiger partial charge in [0, 0.05) is 5.97 Å². The van der Waals surface area contributed by atoms with Crippen molar-refractivity contribution in [1.29, 1.82) is 0 Å². The molecule has 0 fully saturated rings. The van der Waals surface area contributed by atoms with Crippen LogP contribution in [-0.4, -0.2) is 41.6 Å². The zero-order chi connectivity index (χ0) is 21.5. The van der Waals surface area contributed by atoms with Gasteiger partial charge in [-0.3, -0.25) is 4.79 Å². The second-order valence-electron chi connectivity index (χ2n) is 4.40. The molecule has 152 valence electrons. The standard InChI is InChI=1S/C10H3F13O3/c11-4(2(24)1-3(25)26)5(12)6(13,14)7(15,16)8(17,18)9(19,20)10(21,22)23/h1H2,(H,25,26)/p-1/b5-4+. The molecule has 0 spiro atoms. The van der Waals surface area contributed by atoms with Crippen molar-refractivity contribution < 1.29 is 71.8 Å². The quantitative estimate of drug-likeness (QED) is 0.364. The summed E-state index contributed by atoms with van der Waals surface area (Å²) in [5, 5.41) is 9.86. The molecule has 0 aromatic carbocycles. The Morgan fingerprint density at radius 3 is 1.38 bits per heavy atom. The lowest BCUT2D eigenvalue weighted by molar-refractivity contribution is -0.419. The molecule has 0 saturated carbocycles. The van der Waals surface area contributed by atoms with E-state index in [0.29, 0.717) is 0 Å². The first-order valence-electron chi connectivity index (χ1n) is 5.53. The third kappa shape index (κ3) is 3.58. The molecule has 0 bridgehead atoms. The molecule has 3 nitrogen and oxygen atoms in total. The van der Waals surface area contributed by atoms with Crippen molar-refractivity contribution in [3.8, 4) is 0 Å². The molecule has 16 heteroatoms. The third-order valence-corrected chi connectivity index (χ3v) is 2.56. The maximum absolute atomic E-state index is 13.0. The van der Waals surface area contributed by atoms with Gasteiger partial charge in [0.1, 0.15) is 0 Å². The molecule has 26 heavy (non-hydrogen) atoms. The lowest BCUT2D eigenvalue weighted by Gasteiger charge is -2.36. The van der Waals surface area contributed by atoms with E-state index >= 15 is 0 Å². The van der Waals surface area contributed by atoms with E-state index in [1.807, 2.05) is 0 Å². The average molecular weight is 417 g/mol. The van der Waals surface area contributed by atoms with E-state index in [2.05, 4.69) is 0 Å². The Kier molecular flexibility index (Phi) is 6.09. The molecule has 0 rings (SSSR count). The summed E-state index contributed by atoms with van der Waals surface area (Å²) >= 11 is 0. The molecule has 0 aromatic rings. The molecule has 0 aliphatic carbocycles. The van der Waals surface area contributed by atoms with Crippen LogP contribution < -0.4 is 5.11 Å². The van der Waals surface area contributed by atoms with Crippen LogP contribution in [0.1, 0.15) is 6.42 Å². The second-order valence-corrected chi connectivity index (χ2v) is 4.40. The number of rotatable bonds is 7. The number of aliphatic carboxylic acids is 1. The topological polar surface area (TPSA) is 57.2 Å². The lowest BCUT2D eigenvalue weighted by atomic mass is 9.96. The Labute approximate surface area is 133 Å². The van der Waals surface area contributed by atoms with Gasteiger partial charge < -0.3 is 9.90 Å². The van der Waals surface area contributed by atoms with Crippen LogP contribution in [0, 0.1) is 0 Å². The van der Waals surface area contributed by atoms with Crippen molar-refractivity contribution in [2.24, 2.45) is 0 Å². The van der Waals surface area contributed by atoms with Crippen LogP contribution in [-0.2, 0) is 9.59 Å². The Morgan fingerprint density at radius 1 is 0.692 bits per heavy atom. The maximum Gasteiger partial charge on any atom is 0.460 e. The Morgan fingerprint density at radius 2 is 1.08 bits per heavy atom. The van der Waals surface area contributed by atoms with Gasteiger partial charge in [0.05, 0.1) is 6.42 Å². The predicted octanol–water partition coefficient (Wildman–Crippen LogP) is 2.95. The Hall–Kier alpha value is -2.03. The number of halogens is 13. The van der Waals surface area contributed by atoms with Crippen molar-refractivity contribution in [2.45, 2.75) is 36.3 Å². The monoisotopic (exact) mass is 417 g/mol. The first-order chi connectivity index (χ1) is 11.2. The fourth-order valence-corrected chi connectivity index (χ4v) is 1.18. The fraction of sp³-hybridized carbons (Fsp3) is 0.600. The summed E-state index contributed by atoms with van der Waals surface area (Å²) in [5.41, 5.74) is 0. The van der Waals surface area contributed by atoms with Gasteiger partial charge in [-0.25, -0.2) is 4.39 Å². The number of carbonyl (C=O) groups excluding carboxylic acids is 2. The number of carbonyl (C=O) groups is 2. The van der Waals surface area contributed by atoms with Gasteiger partial charge in [0.2, 0.25) is 11.7 Å². The van der Waals surface area contributed by atoms with Gasteiger partial charge in [-0.15, -0.1) is 0 Å². The highest BCUT2D eigenvalue weighted by molar-refractivity contribution is 6.03. The van der Waals surface area contributed by atoms with Crippen LogP contribution in [0.3, 0.4) is 0 Å². The van der Waals surface area contributed by atoms with Crippen LogP contribution in [0.15, 0.2) is 11.7 Å². The van der Waals surface area contributed by atoms with Gasteiger partial charge in [-0.1, -0.05) is 0 Å². The molecule has 0 radical (unpaired) electrons. The Balaban J connectivity index is 6.34. The molecule has 0 N–H and O–H groups in total. The largest absolute Gasteiger partial charge is 0.550 e. The molecule has 0 amide bonds. The number of hydrogen-bond acceptors (Lipinski definition) is 3. The summed E-state index contributed by atoms with van der Waals surface area (Å²) in [4.78, 5) is 20.4. The van der Waals surface area contributed by atoms with Crippen LogP contribution >= 0.6 is 0 Å². The number of ketones is 1. The number of alkyl halides is 11. The molecule has 0 heterocycles. The minimum Gasteiger partial charge on any atom is -0.550 e. The number of carboxylic acids is 1. The number of Topliss-reactive ketones (excluding diaryl/α,β-unsaturated/α-hetero) is 1. The van der Waals surface area contributed by atoms with Gasteiger partial charge >= 0.3 is 29.9 Å². The summed E-state index contributed by atoms with van der Waals surface area (Å²) in [6.07, 6.45) is -9.78. The molecule has 0 unspecified atom stereocenters. The van der Waals surface area contributed by atoms with Crippen LogP contribution in [0.25, 0.3) is 0 Å². The molecule has 0 saturated heterocycles. The maximum atomic E-state index is 13.0. The number of allylic oxidation sites excluding steroid dienone is 2. The molecule has 0 aliphatic rings. The van der Waals surface area contributed by atoms with Crippen molar-refractivity contribution in [3.63, 3.8) is 0 Å². The Bertz CT molecular complexity index is 616. The van der Waals surface area contributed by atoms with Gasteiger partial charge in [0.25, 0.3) is 0 Å². The highest BCUT2D eigenvalue weighted by Crippen LogP contribution is 2.59. The zero-order valence-corrected chi connectivity index (χ0v) is 11.3.